The first-order chi connectivity index (χ1) is 17.7. The monoisotopic (exact) mass is 517 g/mol. The first-order valence-electron chi connectivity index (χ1n) is 11.4. The van der Waals surface area contributed by atoms with Crippen LogP contribution in [0.3, 0.4) is 0 Å². The van der Waals surface area contributed by atoms with Crippen LogP contribution in [-0.4, -0.2) is 74.6 Å². The summed E-state index contributed by atoms with van der Waals surface area (Å²) in [5.41, 5.74) is -0.0304. The summed E-state index contributed by atoms with van der Waals surface area (Å²) in [5, 5.41) is 20.9. The van der Waals surface area contributed by atoms with E-state index in [1.807, 2.05) is 4.90 Å². The Hall–Kier alpha value is -4.04. The van der Waals surface area contributed by atoms with Crippen LogP contribution < -0.4 is 19.9 Å². The van der Waals surface area contributed by atoms with Crippen molar-refractivity contribution in [2.45, 2.75) is 24.7 Å². The van der Waals surface area contributed by atoms with Crippen molar-refractivity contribution in [1.29, 1.82) is 0 Å². The molecular weight excluding hydrogens is 495 g/mol. The number of hydrogen-bond acceptors (Lipinski definition) is 9. The third kappa shape index (κ3) is 5.11. The average molecular weight is 517 g/mol. The Labute approximate surface area is 208 Å². The van der Waals surface area contributed by atoms with Crippen molar-refractivity contribution in [3.63, 3.8) is 0 Å². The molecule has 14 heteroatoms. The van der Waals surface area contributed by atoms with E-state index in [2.05, 4.69) is 25.3 Å². The van der Waals surface area contributed by atoms with Crippen LogP contribution in [-0.2, 0) is 6.18 Å². The Morgan fingerprint density at radius 2 is 2.05 bits per heavy atom. The first kappa shape index (κ1) is 24.6. The highest BCUT2D eigenvalue weighted by Crippen LogP contribution is 2.40. The summed E-state index contributed by atoms with van der Waals surface area (Å²) in [6.45, 7) is 0.613. The SMILES string of the molecule is O=C(Nc1cnc(OCC(O)CO)cn1)N1c2nc(-c3cccc(C(F)(F)F)c3)ncc2N2CC[C@H]1C2. The van der Waals surface area contributed by atoms with Crippen LogP contribution in [0.1, 0.15) is 12.0 Å². The lowest BCUT2D eigenvalue weighted by Crippen LogP contribution is -2.48. The van der Waals surface area contributed by atoms with Gasteiger partial charge in [-0.25, -0.2) is 24.7 Å². The molecule has 2 amide bonds. The van der Waals surface area contributed by atoms with Crippen LogP contribution in [0.2, 0.25) is 0 Å². The van der Waals surface area contributed by atoms with Crippen molar-refractivity contribution in [3.05, 3.63) is 48.4 Å². The van der Waals surface area contributed by atoms with Crippen LogP contribution in [0.4, 0.5) is 35.3 Å². The number of carbonyl (C=O) groups is 1. The summed E-state index contributed by atoms with van der Waals surface area (Å²) in [6, 6.07) is 3.99. The lowest BCUT2D eigenvalue weighted by atomic mass is 10.1. The third-order valence-electron chi connectivity index (χ3n) is 6.01. The number of amides is 2. The highest BCUT2D eigenvalue weighted by Gasteiger charge is 2.41. The molecule has 2 bridgehead atoms. The Morgan fingerprint density at radius 1 is 1.22 bits per heavy atom. The molecule has 3 N–H and O–H groups in total. The number of nitrogens with one attached hydrogen (secondary N) is 1. The molecule has 0 spiro atoms. The Balaban J connectivity index is 1.39. The predicted molar refractivity (Wildman–Crippen MR) is 125 cm³/mol. The molecule has 2 aromatic heterocycles. The number of aliphatic hydroxyl groups excluding tert-OH is 2. The maximum Gasteiger partial charge on any atom is 0.416 e. The summed E-state index contributed by atoms with van der Waals surface area (Å²) in [6.07, 6.45) is -0.843. The lowest BCUT2D eigenvalue weighted by molar-refractivity contribution is -0.137. The lowest BCUT2D eigenvalue weighted by Gasteiger charge is -2.35. The highest BCUT2D eigenvalue weighted by molar-refractivity contribution is 6.04. The minimum atomic E-state index is -4.51. The van der Waals surface area contributed by atoms with E-state index in [4.69, 9.17) is 9.84 Å². The number of nitrogens with zero attached hydrogens (tertiary/aromatic N) is 6. The number of ether oxygens (including phenoxy) is 1. The number of carbonyl (C=O) groups excluding carboxylic acids is 1. The van der Waals surface area contributed by atoms with E-state index in [1.165, 1.54) is 35.6 Å². The molecule has 1 unspecified atom stereocenters. The van der Waals surface area contributed by atoms with Gasteiger partial charge < -0.3 is 19.8 Å². The zero-order chi connectivity index (χ0) is 26.2. The van der Waals surface area contributed by atoms with Crippen LogP contribution in [0, 0.1) is 0 Å². The fourth-order valence-corrected chi connectivity index (χ4v) is 4.21. The standard InChI is InChI=1S/C23H22F3N7O4/c24-23(25,26)14-3-1-2-13(6-14)20-29-7-17-21(31-20)33(15-4-5-32(17)10-15)22(36)30-18-8-28-19(9-27-18)37-12-16(35)11-34/h1-3,6-9,15-16,34-35H,4-5,10-12H2,(H,27,30,36)/t15-,16?/m0/s1. The third-order valence-corrected chi connectivity index (χ3v) is 6.01. The molecule has 4 heterocycles. The Kier molecular flexibility index (Phi) is 6.52. The Bertz CT molecular complexity index is 1290. The molecule has 194 valence electrons. The second-order valence-corrected chi connectivity index (χ2v) is 8.56. The summed E-state index contributed by atoms with van der Waals surface area (Å²) in [5.74, 6) is 0.587. The maximum atomic E-state index is 13.3. The van der Waals surface area contributed by atoms with Gasteiger partial charge in [-0.15, -0.1) is 0 Å². The Morgan fingerprint density at radius 3 is 2.78 bits per heavy atom. The van der Waals surface area contributed by atoms with E-state index >= 15 is 0 Å². The van der Waals surface area contributed by atoms with Crippen molar-refractivity contribution in [1.82, 2.24) is 19.9 Å². The van der Waals surface area contributed by atoms with E-state index in [-0.39, 0.29) is 35.7 Å². The largest absolute Gasteiger partial charge is 0.474 e. The second kappa shape index (κ2) is 9.78. The van der Waals surface area contributed by atoms with E-state index in [9.17, 15) is 23.1 Å². The minimum absolute atomic E-state index is 0.0662. The normalized spacial score (nSPS) is 17.4. The molecule has 5 rings (SSSR count). The number of hydrogen-bond donors (Lipinski definition) is 3. The number of anilines is 3. The molecular formula is C23H22F3N7O4. The fourth-order valence-electron chi connectivity index (χ4n) is 4.21. The molecule has 0 radical (unpaired) electrons. The number of halogens is 3. The molecule has 1 saturated heterocycles. The van der Waals surface area contributed by atoms with E-state index in [0.29, 0.717) is 31.0 Å². The van der Waals surface area contributed by atoms with Gasteiger partial charge in [-0.05, 0) is 18.6 Å². The summed E-state index contributed by atoms with van der Waals surface area (Å²) < 4.78 is 44.8. The zero-order valence-electron chi connectivity index (χ0n) is 19.3. The molecule has 2 aliphatic heterocycles. The predicted octanol–water partition coefficient (Wildman–Crippen LogP) is 2.32. The smallest absolute Gasteiger partial charge is 0.416 e. The van der Waals surface area contributed by atoms with Gasteiger partial charge in [0.15, 0.2) is 17.5 Å². The molecule has 1 aromatic carbocycles. The number of aliphatic hydroxyl groups is 2. The average Bonchev–Trinajstić information content (AvgIpc) is 3.31. The number of alkyl halides is 3. The molecule has 0 aliphatic carbocycles. The van der Waals surface area contributed by atoms with Gasteiger partial charge in [-0.3, -0.25) is 10.2 Å². The van der Waals surface area contributed by atoms with Crippen molar-refractivity contribution in [2.24, 2.45) is 0 Å². The number of fused-ring (bicyclic) bond motifs is 4. The van der Waals surface area contributed by atoms with Gasteiger partial charge in [0, 0.05) is 18.7 Å². The van der Waals surface area contributed by atoms with Gasteiger partial charge in [0.25, 0.3) is 0 Å². The quantitative estimate of drug-likeness (QED) is 0.450. The van der Waals surface area contributed by atoms with Crippen LogP contribution >= 0.6 is 0 Å². The van der Waals surface area contributed by atoms with Crippen molar-refractivity contribution >= 4 is 23.4 Å². The van der Waals surface area contributed by atoms with Crippen LogP contribution in [0.15, 0.2) is 42.9 Å². The van der Waals surface area contributed by atoms with Gasteiger partial charge in [-0.2, -0.15) is 13.2 Å². The van der Waals surface area contributed by atoms with Crippen LogP contribution in [0.5, 0.6) is 5.88 Å². The van der Waals surface area contributed by atoms with Gasteiger partial charge in [0.2, 0.25) is 5.88 Å². The second-order valence-electron chi connectivity index (χ2n) is 8.56. The van der Waals surface area contributed by atoms with Crippen molar-refractivity contribution in [3.8, 4) is 17.3 Å². The summed E-state index contributed by atoms with van der Waals surface area (Å²) in [7, 11) is 0. The summed E-state index contributed by atoms with van der Waals surface area (Å²) >= 11 is 0. The van der Waals surface area contributed by atoms with Crippen LogP contribution in [0.25, 0.3) is 11.4 Å². The van der Waals surface area contributed by atoms with Crippen molar-refractivity contribution in [2.75, 3.05) is 41.4 Å². The topological polar surface area (TPSA) is 137 Å². The van der Waals surface area contributed by atoms with Crippen molar-refractivity contribution < 1.29 is 32.9 Å². The van der Waals surface area contributed by atoms with E-state index in [0.717, 1.165) is 12.1 Å². The number of benzene rings is 1. The molecule has 1 fully saturated rings. The first-order valence-corrected chi connectivity index (χ1v) is 11.4. The van der Waals surface area contributed by atoms with Gasteiger partial charge in [0.05, 0.1) is 42.5 Å². The zero-order valence-corrected chi connectivity index (χ0v) is 19.3. The molecule has 0 saturated carbocycles. The van der Waals surface area contributed by atoms with Gasteiger partial charge >= 0.3 is 12.2 Å². The van der Waals surface area contributed by atoms with E-state index < -0.39 is 30.5 Å². The fraction of sp³-hybridized carbons (Fsp3) is 0.348. The molecule has 37 heavy (non-hydrogen) atoms. The van der Waals surface area contributed by atoms with Gasteiger partial charge in [-0.1, -0.05) is 12.1 Å². The maximum absolute atomic E-state index is 13.3. The number of aromatic nitrogens is 4. The number of rotatable bonds is 6. The molecule has 2 atom stereocenters. The molecule has 11 nitrogen and oxygen atoms in total. The molecule has 3 aromatic rings. The van der Waals surface area contributed by atoms with E-state index in [1.54, 1.807) is 0 Å². The molecule has 2 aliphatic rings. The number of urea groups is 1. The minimum Gasteiger partial charge on any atom is -0.474 e. The highest BCUT2D eigenvalue weighted by atomic mass is 19.4. The summed E-state index contributed by atoms with van der Waals surface area (Å²) in [4.78, 5) is 33.7. The van der Waals surface area contributed by atoms with Gasteiger partial charge in [0.1, 0.15) is 12.7 Å².